The Hall–Kier alpha value is -1.24. The van der Waals surface area contributed by atoms with E-state index < -0.39 is 9.84 Å². The van der Waals surface area contributed by atoms with Crippen molar-refractivity contribution >= 4 is 15.5 Å². The van der Waals surface area contributed by atoms with E-state index in [0.29, 0.717) is 18.2 Å². The second-order valence-corrected chi connectivity index (χ2v) is 8.22. The summed E-state index contributed by atoms with van der Waals surface area (Å²) in [7, 11) is -3.11. The van der Waals surface area contributed by atoms with Crippen molar-refractivity contribution in [2.45, 2.75) is 58.0 Å². The summed E-state index contributed by atoms with van der Waals surface area (Å²) >= 11 is 0. The first kappa shape index (κ1) is 16.1. The maximum absolute atomic E-state index is 12.4. The maximum Gasteiger partial charge on any atom is 0.290 e. The fourth-order valence-corrected chi connectivity index (χ4v) is 3.69. The van der Waals surface area contributed by atoms with Gasteiger partial charge in [-0.1, -0.05) is 19.8 Å². The van der Waals surface area contributed by atoms with Crippen LogP contribution in [0.15, 0.2) is 4.79 Å². The molecular formula is C14H25N3O3S. The molecule has 0 radical (unpaired) electrons. The van der Waals surface area contributed by atoms with Gasteiger partial charge in [-0.05, 0) is 19.3 Å². The third kappa shape index (κ3) is 3.51. The number of sulfone groups is 1. The van der Waals surface area contributed by atoms with Crippen LogP contribution in [0, 0.1) is 0 Å². The molecule has 1 heterocycles. The monoisotopic (exact) mass is 315 g/mol. The van der Waals surface area contributed by atoms with E-state index in [2.05, 4.69) is 0 Å². The predicted molar refractivity (Wildman–Crippen MR) is 84.3 cm³/mol. The number of hydrogen-bond donors (Lipinski definition) is 1. The van der Waals surface area contributed by atoms with Crippen LogP contribution in [-0.2, 0) is 22.9 Å². The van der Waals surface area contributed by atoms with E-state index in [4.69, 9.17) is 5.73 Å². The maximum atomic E-state index is 12.4. The van der Waals surface area contributed by atoms with Gasteiger partial charge in [0, 0.05) is 18.7 Å². The first-order valence-corrected chi connectivity index (χ1v) is 9.68. The van der Waals surface area contributed by atoms with Crippen molar-refractivity contribution in [1.29, 1.82) is 0 Å². The van der Waals surface area contributed by atoms with Crippen molar-refractivity contribution in [3.05, 3.63) is 16.0 Å². The average Bonchev–Trinajstić information content (AvgIpc) is 2.97. The molecule has 1 aliphatic rings. The number of rotatable bonds is 6. The summed E-state index contributed by atoms with van der Waals surface area (Å²) in [4.78, 5) is 12.4. The van der Waals surface area contributed by atoms with Gasteiger partial charge in [0.15, 0.2) is 0 Å². The average molecular weight is 315 g/mol. The number of anilines is 1. The Morgan fingerprint density at radius 3 is 2.33 bits per heavy atom. The second-order valence-electron chi connectivity index (χ2n) is 5.96. The molecule has 1 aromatic rings. The summed E-state index contributed by atoms with van der Waals surface area (Å²) in [5.74, 6) is 0.299. The molecule has 0 amide bonds. The molecule has 0 unspecified atom stereocenters. The molecule has 0 saturated heterocycles. The molecule has 0 aliphatic heterocycles. The lowest BCUT2D eigenvalue weighted by molar-refractivity contribution is 0.427. The van der Waals surface area contributed by atoms with Crippen LogP contribution in [0.2, 0.25) is 0 Å². The van der Waals surface area contributed by atoms with Crippen LogP contribution < -0.4 is 11.3 Å². The Kier molecular flexibility index (Phi) is 4.81. The highest BCUT2D eigenvalue weighted by Gasteiger charge is 2.27. The first-order valence-electron chi connectivity index (χ1n) is 7.62. The molecule has 120 valence electrons. The molecule has 2 N–H and O–H groups in total. The molecule has 21 heavy (non-hydrogen) atoms. The minimum Gasteiger partial charge on any atom is -0.393 e. The van der Waals surface area contributed by atoms with E-state index >= 15 is 0 Å². The normalized spacial score (nSPS) is 16.7. The van der Waals surface area contributed by atoms with Crippen molar-refractivity contribution in [2.24, 2.45) is 0 Å². The van der Waals surface area contributed by atoms with Gasteiger partial charge >= 0.3 is 0 Å². The lowest BCUT2D eigenvalue weighted by Gasteiger charge is -2.17. The molecule has 0 bridgehead atoms. The van der Waals surface area contributed by atoms with Gasteiger partial charge in [-0.3, -0.25) is 9.48 Å². The quantitative estimate of drug-likeness (QED) is 0.858. The zero-order chi connectivity index (χ0) is 15.6. The van der Waals surface area contributed by atoms with Gasteiger partial charge in [-0.2, -0.15) is 0 Å². The SMILES string of the molecule is CCCn1c(C2CCCC2)c(N)c(=O)n1CCS(C)(=O)=O. The third-order valence-electron chi connectivity index (χ3n) is 4.16. The van der Waals surface area contributed by atoms with Gasteiger partial charge in [0.05, 0.1) is 18.0 Å². The summed E-state index contributed by atoms with van der Waals surface area (Å²) in [6.07, 6.45) is 6.52. The largest absolute Gasteiger partial charge is 0.393 e. The van der Waals surface area contributed by atoms with Crippen LogP contribution in [0.25, 0.3) is 0 Å². The Bertz CT molecular complexity index is 652. The highest BCUT2D eigenvalue weighted by molar-refractivity contribution is 7.90. The molecular weight excluding hydrogens is 290 g/mol. The standard InChI is InChI=1S/C14H25N3O3S/c1-3-8-16-13(11-6-4-5-7-11)12(15)14(18)17(16)9-10-21(2,19)20/h11H,3-10,15H2,1-2H3. The molecule has 1 fully saturated rings. The summed E-state index contributed by atoms with van der Waals surface area (Å²) < 4.78 is 26.2. The van der Waals surface area contributed by atoms with Gasteiger partial charge < -0.3 is 5.73 Å². The van der Waals surface area contributed by atoms with Crippen molar-refractivity contribution in [2.75, 3.05) is 17.7 Å². The molecule has 2 rings (SSSR count). The Morgan fingerprint density at radius 1 is 1.19 bits per heavy atom. The van der Waals surface area contributed by atoms with Crippen LogP contribution in [0.3, 0.4) is 0 Å². The lowest BCUT2D eigenvalue weighted by Crippen LogP contribution is -2.27. The second kappa shape index (κ2) is 6.25. The molecule has 0 spiro atoms. The topological polar surface area (TPSA) is 87.1 Å². The van der Waals surface area contributed by atoms with Crippen molar-refractivity contribution < 1.29 is 8.42 Å². The molecule has 0 atom stereocenters. The lowest BCUT2D eigenvalue weighted by atomic mass is 10.0. The van der Waals surface area contributed by atoms with Gasteiger partial charge in [-0.25, -0.2) is 13.1 Å². The van der Waals surface area contributed by atoms with Gasteiger partial charge in [0.1, 0.15) is 15.5 Å². The summed E-state index contributed by atoms with van der Waals surface area (Å²) in [6.45, 7) is 2.91. The van der Waals surface area contributed by atoms with Crippen LogP contribution in [0.4, 0.5) is 5.69 Å². The summed E-state index contributed by atoms with van der Waals surface area (Å²) in [6, 6.07) is 0. The molecule has 0 aromatic carbocycles. The first-order chi connectivity index (χ1) is 9.85. The van der Waals surface area contributed by atoms with Crippen molar-refractivity contribution in [3.63, 3.8) is 0 Å². The number of hydrogen-bond acceptors (Lipinski definition) is 4. The molecule has 6 nitrogen and oxygen atoms in total. The van der Waals surface area contributed by atoms with E-state index in [-0.39, 0.29) is 17.9 Å². The van der Waals surface area contributed by atoms with E-state index in [1.165, 1.54) is 23.8 Å². The predicted octanol–water partition coefficient (Wildman–Crippen LogP) is 1.34. The smallest absolute Gasteiger partial charge is 0.290 e. The molecule has 7 heteroatoms. The minimum atomic E-state index is -3.11. The third-order valence-corrected chi connectivity index (χ3v) is 5.09. The van der Waals surface area contributed by atoms with Gasteiger partial charge in [0.2, 0.25) is 0 Å². The highest BCUT2D eigenvalue weighted by Crippen LogP contribution is 2.36. The zero-order valence-corrected chi connectivity index (χ0v) is 13.7. The number of aromatic nitrogens is 2. The Labute approximate surface area is 125 Å². The minimum absolute atomic E-state index is 0.0375. The number of nitrogens with two attached hydrogens (primary N) is 1. The van der Waals surface area contributed by atoms with Crippen LogP contribution in [0.5, 0.6) is 0 Å². The number of nitrogen functional groups attached to an aromatic ring is 1. The van der Waals surface area contributed by atoms with Gasteiger partial charge in [0.25, 0.3) is 5.56 Å². The van der Waals surface area contributed by atoms with E-state index in [9.17, 15) is 13.2 Å². The Balaban J connectivity index is 2.43. The highest BCUT2D eigenvalue weighted by atomic mass is 32.2. The van der Waals surface area contributed by atoms with E-state index in [1.54, 1.807) is 0 Å². The van der Waals surface area contributed by atoms with E-state index in [0.717, 1.165) is 25.0 Å². The van der Waals surface area contributed by atoms with Crippen molar-refractivity contribution in [3.8, 4) is 0 Å². The zero-order valence-electron chi connectivity index (χ0n) is 12.8. The fraction of sp³-hybridized carbons (Fsp3) is 0.786. The Morgan fingerprint density at radius 2 is 1.81 bits per heavy atom. The fourth-order valence-electron chi connectivity index (χ4n) is 3.18. The summed E-state index contributed by atoms with van der Waals surface area (Å²) in [5.41, 5.74) is 7.04. The molecule has 1 saturated carbocycles. The van der Waals surface area contributed by atoms with Crippen molar-refractivity contribution in [1.82, 2.24) is 9.36 Å². The van der Waals surface area contributed by atoms with E-state index in [1.807, 2.05) is 11.6 Å². The summed E-state index contributed by atoms with van der Waals surface area (Å²) in [5, 5.41) is 0. The van der Waals surface area contributed by atoms with Gasteiger partial charge in [-0.15, -0.1) is 0 Å². The van der Waals surface area contributed by atoms with Crippen LogP contribution in [-0.4, -0.2) is 29.8 Å². The molecule has 1 aliphatic carbocycles. The molecule has 1 aromatic heterocycles. The number of nitrogens with zero attached hydrogens (tertiary/aromatic N) is 2. The van der Waals surface area contributed by atoms with Crippen LogP contribution in [0.1, 0.15) is 50.6 Å². The van der Waals surface area contributed by atoms with Crippen LogP contribution >= 0.6 is 0 Å².